The number of ether oxygens (including phenoxy) is 2. The third-order valence-corrected chi connectivity index (χ3v) is 5.54. The van der Waals surface area contributed by atoms with E-state index in [2.05, 4.69) is 23.7 Å². The van der Waals surface area contributed by atoms with Gasteiger partial charge in [-0.3, -0.25) is 0 Å². The van der Waals surface area contributed by atoms with Gasteiger partial charge in [0, 0.05) is 0 Å². The van der Waals surface area contributed by atoms with E-state index in [9.17, 15) is 49.6 Å². The molecule has 12 heteroatoms. The first-order valence-electron chi connectivity index (χ1n) is 10.2. The molecule has 2 saturated heterocycles. The average Bonchev–Trinajstić information content (AvgIpc) is 2.82. The number of hydrogen-bond acceptors (Lipinski definition) is 10. The largest absolute Gasteiger partial charge is 0.394 e. The highest BCUT2D eigenvalue weighted by molar-refractivity contribution is 5.45. The van der Waals surface area contributed by atoms with Crippen molar-refractivity contribution in [3.63, 3.8) is 0 Å². The van der Waals surface area contributed by atoms with E-state index in [-0.39, 0.29) is 0 Å². The zero-order valence-electron chi connectivity index (χ0n) is 17.5. The van der Waals surface area contributed by atoms with Crippen LogP contribution in [0.4, 0.5) is 8.78 Å². The van der Waals surface area contributed by atoms with Crippen molar-refractivity contribution in [2.45, 2.75) is 61.0 Å². The van der Waals surface area contributed by atoms with Crippen molar-refractivity contribution < 1.29 is 59.1 Å². The van der Waals surface area contributed by atoms with Crippen LogP contribution in [0.15, 0.2) is 12.1 Å². The van der Waals surface area contributed by atoms with Crippen LogP contribution in [0, 0.1) is 35.3 Å². The van der Waals surface area contributed by atoms with Gasteiger partial charge < -0.3 is 50.3 Å². The molecule has 8 N–H and O–H groups in total. The van der Waals surface area contributed by atoms with Gasteiger partial charge in [-0.2, -0.15) is 0 Å². The van der Waals surface area contributed by atoms with E-state index in [1.54, 1.807) is 0 Å². The van der Waals surface area contributed by atoms with Crippen LogP contribution in [0.3, 0.4) is 0 Å². The van der Waals surface area contributed by atoms with E-state index in [4.69, 9.17) is 9.47 Å². The Kier molecular flexibility index (Phi) is 8.57. The van der Waals surface area contributed by atoms with Crippen LogP contribution < -0.4 is 0 Å². The number of aliphatic hydroxyl groups is 8. The molecule has 2 fully saturated rings. The lowest BCUT2D eigenvalue weighted by molar-refractivity contribution is -0.214. The van der Waals surface area contributed by atoms with Crippen molar-refractivity contribution in [3.05, 3.63) is 34.9 Å². The van der Waals surface area contributed by atoms with Crippen LogP contribution >= 0.6 is 0 Å². The third-order valence-electron chi connectivity index (χ3n) is 5.54. The van der Waals surface area contributed by atoms with Gasteiger partial charge in [0.1, 0.15) is 72.7 Å². The van der Waals surface area contributed by atoms with Crippen molar-refractivity contribution >= 4 is 0 Å². The molecule has 0 unspecified atom stereocenters. The summed E-state index contributed by atoms with van der Waals surface area (Å²) in [6.07, 6.45) is -15.1. The SMILES string of the molecule is OC[C@H]1O[C@H](C#Cc2cc(F)c(C#C[C@H]3O[C@H](CO)[C@@H](O)[C@H](O)[C@@H]3O)cc2F)[C@@H](O)[C@@H](O)[C@@H]1O. The Bertz CT molecular complexity index is 915. The summed E-state index contributed by atoms with van der Waals surface area (Å²) in [6, 6.07) is 1.42. The maximum Gasteiger partial charge on any atom is 0.147 e. The molecule has 0 bridgehead atoms. The molecule has 0 radical (unpaired) electrons. The molecule has 1 aromatic rings. The molecular formula is C22H24F2O10. The lowest BCUT2D eigenvalue weighted by atomic mass is 9.95. The zero-order valence-corrected chi connectivity index (χ0v) is 17.5. The van der Waals surface area contributed by atoms with Crippen LogP contribution in [0.2, 0.25) is 0 Å². The molecule has 2 aliphatic rings. The van der Waals surface area contributed by atoms with E-state index in [1.165, 1.54) is 0 Å². The Morgan fingerprint density at radius 3 is 1.29 bits per heavy atom. The van der Waals surface area contributed by atoms with Crippen molar-refractivity contribution in [2.75, 3.05) is 13.2 Å². The molecule has 186 valence electrons. The molecule has 0 amide bonds. The number of benzene rings is 1. The van der Waals surface area contributed by atoms with Crippen LogP contribution in [-0.4, -0.2) is 115 Å². The summed E-state index contributed by atoms with van der Waals surface area (Å²) in [4.78, 5) is 0. The summed E-state index contributed by atoms with van der Waals surface area (Å²) in [5.74, 6) is 7.19. The van der Waals surface area contributed by atoms with E-state index in [0.717, 1.165) is 0 Å². The molecule has 0 spiro atoms. The summed E-state index contributed by atoms with van der Waals surface area (Å²) < 4.78 is 39.3. The molecule has 10 nitrogen and oxygen atoms in total. The summed E-state index contributed by atoms with van der Waals surface area (Å²) in [7, 11) is 0. The van der Waals surface area contributed by atoms with E-state index < -0.39 is 97.0 Å². The monoisotopic (exact) mass is 486 g/mol. The number of rotatable bonds is 2. The number of aliphatic hydroxyl groups excluding tert-OH is 8. The topological polar surface area (TPSA) is 180 Å². The highest BCUT2D eigenvalue weighted by Crippen LogP contribution is 2.22. The molecule has 1 aromatic carbocycles. The summed E-state index contributed by atoms with van der Waals surface area (Å²) in [5, 5.41) is 77.4. The fourth-order valence-electron chi connectivity index (χ4n) is 3.48. The maximum atomic E-state index is 14.5. The quantitative estimate of drug-likeness (QED) is 0.194. The second-order valence-corrected chi connectivity index (χ2v) is 7.85. The first kappa shape index (κ1) is 26.4. The highest BCUT2D eigenvalue weighted by atomic mass is 19.1. The minimum absolute atomic E-state index is 0.437. The molecule has 0 aromatic heterocycles. The first-order valence-corrected chi connectivity index (χ1v) is 10.2. The van der Waals surface area contributed by atoms with Crippen LogP contribution in [-0.2, 0) is 9.47 Å². The average molecular weight is 486 g/mol. The first-order chi connectivity index (χ1) is 16.1. The number of halogens is 2. The zero-order chi connectivity index (χ0) is 25.2. The minimum Gasteiger partial charge on any atom is -0.394 e. The number of hydrogen-bond donors (Lipinski definition) is 8. The standard InChI is InChI=1S/C22H24F2O10/c23-11-6-10(2-4-14-18(28)22(32)20(30)16(8-26)34-14)12(24)5-9(11)1-3-13-17(27)21(31)19(29)15(7-25)33-13/h5-6,13-22,25-32H,7-8H2/t13-,14-,15-,16-,17-,18-,19-,20-,21-,22-/m1/s1. The fraction of sp³-hybridized carbons (Fsp3) is 0.545. The van der Waals surface area contributed by atoms with Gasteiger partial charge in [0.25, 0.3) is 0 Å². The predicted molar refractivity (Wildman–Crippen MR) is 108 cm³/mol. The smallest absolute Gasteiger partial charge is 0.147 e. The van der Waals surface area contributed by atoms with Gasteiger partial charge in [-0.25, -0.2) is 8.78 Å². The van der Waals surface area contributed by atoms with Crippen molar-refractivity contribution in [1.29, 1.82) is 0 Å². The van der Waals surface area contributed by atoms with Crippen molar-refractivity contribution in [3.8, 4) is 23.7 Å². The van der Waals surface area contributed by atoms with Gasteiger partial charge in [-0.05, 0) is 12.1 Å². The Morgan fingerprint density at radius 2 is 0.971 bits per heavy atom. The van der Waals surface area contributed by atoms with Gasteiger partial charge in [0.15, 0.2) is 0 Å². The highest BCUT2D eigenvalue weighted by Gasteiger charge is 2.43. The van der Waals surface area contributed by atoms with Crippen LogP contribution in [0.5, 0.6) is 0 Å². The molecule has 0 saturated carbocycles. The molecule has 3 rings (SSSR count). The second-order valence-electron chi connectivity index (χ2n) is 7.85. The van der Waals surface area contributed by atoms with Gasteiger partial charge in [0.2, 0.25) is 0 Å². The minimum atomic E-state index is -1.67. The maximum absolute atomic E-state index is 14.5. The summed E-state index contributed by atoms with van der Waals surface area (Å²) in [5.41, 5.74) is -0.874. The normalized spacial score (nSPS) is 37.8. The van der Waals surface area contributed by atoms with E-state index >= 15 is 0 Å². The van der Waals surface area contributed by atoms with E-state index in [0.29, 0.717) is 12.1 Å². The molecule has 34 heavy (non-hydrogen) atoms. The Hall–Kier alpha value is -2.20. The van der Waals surface area contributed by atoms with Gasteiger partial charge in [-0.1, -0.05) is 23.7 Å². The van der Waals surface area contributed by atoms with Crippen LogP contribution in [0.25, 0.3) is 0 Å². The molecular weight excluding hydrogens is 462 g/mol. The molecule has 10 atom stereocenters. The molecule has 0 aliphatic carbocycles. The van der Waals surface area contributed by atoms with Crippen LogP contribution in [0.1, 0.15) is 11.1 Å². The second kappa shape index (κ2) is 11.0. The molecule has 2 heterocycles. The van der Waals surface area contributed by atoms with E-state index in [1.807, 2.05) is 0 Å². The summed E-state index contributed by atoms with van der Waals surface area (Å²) in [6.45, 7) is -1.35. The van der Waals surface area contributed by atoms with Gasteiger partial charge in [0.05, 0.1) is 24.3 Å². The molecule has 2 aliphatic heterocycles. The lowest BCUT2D eigenvalue weighted by Crippen LogP contribution is -2.58. The van der Waals surface area contributed by atoms with Crippen molar-refractivity contribution in [1.82, 2.24) is 0 Å². The van der Waals surface area contributed by atoms with Gasteiger partial charge >= 0.3 is 0 Å². The Morgan fingerprint density at radius 1 is 0.618 bits per heavy atom. The Balaban J connectivity index is 1.80. The van der Waals surface area contributed by atoms with Gasteiger partial charge in [-0.15, -0.1) is 0 Å². The lowest BCUT2D eigenvalue weighted by Gasteiger charge is -2.37. The third kappa shape index (κ3) is 5.38. The fourth-order valence-corrected chi connectivity index (χ4v) is 3.48. The predicted octanol–water partition coefficient (Wildman–Crippen LogP) is -3.65. The van der Waals surface area contributed by atoms with Crippen molar-refractivity contribution in [2.24, 2.45) is 0 Å². The Labute approximate surface area is 192 Å². The summed E-state index contributed by atoms with van der Waals surface area (Å²) >= 11 is 0.